The molecule has 1 aliphatic rings. The first-order valence-electron chi connectivity index (χ1n) is 8.95. The average Bonchev–Trinajstić information content (AvgIpc) is 3.20. The molecule has 1 atom stereocenters. The van der Waals surface area contributed by atoms with Crippen molar-refractivity contribution in [1.82, 2.24) is 13.6 Å². The van der Waals surface area contributed by atoms with E-state index in [1.165, 1.54) is 21.2 Å². The van der Waals surface area contributed by atoms with Crippen LogP contribution in [0.3, 0.4) is 0 Å². The minimum Gasteiger partial charge on any atom is -0.445 e. The molecule has 1 aromatic heterocycles. The Hall–Kier alpha value is -2.43. The maximum atomic E-state index is 12.4. The zero-order valence-corrected chi connectivity index (χ0v) is 16.7. The summed E-state index contributed by atoms with van der Waals surface area (Å²) in [6, 6.07) is 7.37. The second-order valence-corrected chi connectivity index (χ2v) is 8.92. The van der Waals surface area contributed by atoms with E-state index in [0.29, 0.717) is 24.5 Å². The van der Waals surface area contributed by atoms with Gasteiger partial charge in [-0.25, -0.2) is 9.78 Å². The lowest BCUT2D eigenvalue weighted by Gasteiger charge is -2.33. The van der Waals surface area contributed by atoms with Gasteiger partial charge in [-0.1, -0.05) is 12.1 Å². The van der Waals surface area contributed by atoms with Crippen molar-refractivity contribution in [2.75, 3.05) is 32.5 Å². The molecule has 1 fully saturated rings. The van der Waals surface area contributed by atoms with Gasteiger partial charge in [0.05, 0.1) is 6.20 Å². The topological polar surface area (TPSA) is 105 Å². The second-order valence-electron chi connectivity index (χ2n) is 6.78. The molecule has 2 heterocycles. The normalized spacial score (nSPS) is 18.2. The predicted octanol–water partition coefficient (Wildman–Crippen LogP) is 2.41. The maximum absolute atomic E-state index is 12.4. The van der Waals surface area contributed by atoms with Crippen molar-refractivity contribution in [2.45, 2.75) is 25.4 Å². The van der Waals surface area contributed by atoms with Gasteiger partial charge < -0.3 is 9.15 Å². The van der Waals surface area contributed by atoms with Gasteiger partial charge in [0.2, 0.25) is 0 Å². The van der Waals surface area contributed by atoms with Gasteiger partial charge in [0, 0.05) is 32.9 Å². The van der Waals surface area contributed by atoms with Gasteiger partial charge in [0.1, 0.15) is 0 Å². The summed E-state index contributed by atoms with van der Waals surface area (Å²) in [5.74, 6) is 0.580. The molecule has 0 aliphatic carbocycles. The molecule has 0 spiro atoms. The molecule has 0 saturated carbocycles. The summed E-state index contributed by atoms with van der Waals surface area (Å²) >= 11 is 0. The number of hydrogen-bond acceptors (Lipinski definition) is 6. The van der Waals surface area contributed by atoms with E-state index in [1.807, 2.05) is 12.1 Å². The van der Waals surface area contributed by atoms with Gasteiger partial charge in [-0.05, 0) is 36.5 Å². The number of anilines is 1. The number of amides is 1. The molecule has 152 valence electrons. The lowest BCUT2D eigenvalue weighted by Crippen LogP contribution is -2.44. The number of nitrogens with zero attached hydrogens (tertiary/aromatic N) is 3. The third-order valence-corrected chi connectivity index (χ3v) is 6.54. The Morgan fingerprint density at radius 3 is 2.75 bits per heavy atom. The van der Waals surface area contributed by atoms with Crippen LogP contribution in [-0.2, 0) is 21.6 Å². The zero-order chi connectivity index (χ0) is 20.1. The molecule has 3 rings (SSSR count). The summed E-state index contributed by atoms with van der Waals surface area (Å²) in [6.07, 6.45) is 3.89. The van der Waals surface area contributed by atoms with Gasteiger partial charge in [-0.2, -0.15) is 17.0 Å². The SMILES string of the molecule is CN(C)S(=O)(=O)N1CCC[C@@H](c2ccc(NC(=O)OCc3cnco3)cc2)C1. The van der Waals surface area contributed by atoms with Crippen LogP contribution in [0, 0.1) is 0 Å². The minimum atomic E-state index is -3.41. The van der Waals surface area contributed by atoms with E-state index in [4.69, 9.17) is 9.15 Å². The average molecular weight is 408 g/mol. The lowest BCUT2D eigenvalue weighted by molar-refractivity contribution is 0.146. The van der Waals surface area contributed by atoms with Gasteiger partial charge in [-0.15, -0.1) is 0 Å². The lowest BCUT2D eigenvalue weighted by atomic mass is 9.91. The molecule has 1 amide bonds. The van der Waals surface area contributed by atoms with Gasteiger partial charge in [0.25, 0.3) is 10.2 Å². The number of oxazole rings is 1. The highest BCUT2D eigenvalue weighted by Crippen LogP contribution is 2.29. The van der Waals surface area contributed by atoms with Crippen molar-refractivity contribution in [3.05, 3.63) is 48.2 Å². The van der Waals surface area contributed by atoms with Crippen LogP contribution in [-0.4, -0.2) is 55.3 Å². The first-order valence-corrected chi connectivity index (χ1v) is 10.3. The molecular weight excluding hydrogens is 384 g/mol. The van der Waals surface area contributed by atoms with E-state index >= 15 is 0 Å². The summed E-state index contributed by atoms with van der Waals surface area (Å²) < 4.78 is 37.5. The summed E-state index contributed by atoms with van der Waals surface area (Å²) in [6.45, 7) is 0.988. The molecule has 1 saturated heterocycles. The number of benzene rings is 1. The Morgan fingerprint density at radius 2 is 2.11 bits per heavy atom. The number of rotatable bonds is 6. The number of hydrogen-bond donors (Lipinski definition) is 1. The quantitative estimate of drug-likeness (QED) is 0.787. The molecule has 10 heteroatoms. The Kier molecular flexibility index (Phi) is 6.32. The van der Waals surface area contributed by atoms with Crippen molar-refractivity contribution in [3.63, 3.8) is 0 Å². The van der Waals surface area contributed by atoms with E-state index in [-0.39, 0.29) is 12.5 Å². The molecule has 1 aliphatic heterocycles. The van der Waals surface area contributed by atoms with Crippen LogP contribution in [0.2, 0.25) is 0 Å². The van der Waals surface area contributed by atoms with Crippen molar-refractivity contribution in [1.29, 1.82) is 0 Å². The molecule has 1 aromatic carbocycles. The number of carbonyl (C=O) groups is 1. The monoisotopic (exact) mass is 408 g/mol. The fourth-order valence-corrected chi connectivity index (χ4v) is 4.29. The third kappa shape index (κ3) is 4.89. The first kappa shape index (κ1) is 20.3. The number of ether oxygens (including phenoxy) is 1. The highest BCUT2D eigenvalue weighted by molar-refractivity contribution is 7.86. The van der Waals surface area contributed by atoms with E-state index in [0.717, 1.165) is 18.4 Å². The number of carbonyl (C=O) groups excluding carboxylic acids is 1. The number of piperidine rings is 1. The van der Waals surface area contributed by atoms with Crippen LogP contribution < -0.4 is 5.32 Å². The van der Waals surface area contributed by atoms with Crippen molar-refractivity contribution in [2.24, 2.45) is 0 Å². The van der Waals surface area contributed by atoms with Crippen LogP contribution in [0.25, 0.3) is 0 Å². The minimum absolute atomic E-state index is 0.00216. The van der Waals surface area contributed by atoms with Crippen LogP contribution in [0.4, 0.5) is 10.5 Å². The highest BCUT2D eigenvalue weighted by atomic mass is 32.2. The third-order valence-electron chi connectivity index (χ3n) is 4.63. The molecule has 0 unspecified atom stereocenters. The van der Waals surface area contributed by atoms with E-state index in [2.05, 4.69) is 10.3 Å². The number of nitrogens with one attached hydrogen (secondary N) is 1. The van der Waals surface area contributed by atoms with Crippen molar-refractivity contribution >= 4 is 22.0 Å². The Bertz CT molecular complexity index is 881. The standard InChI is InChI=1S/C18H24N4O5S/c1-21(2)28(24,25)22-9-3-4-15(11-22)14-5-7-16(8-6-14)20-18(23)26-12-17-10-19-13-27-17/h5-8,10,13,15H,3-4,9,11-12H2,1-2H3,(H,20,23)/t15-/m1/s1. The molecule has 9 nitrogen and oxygen atoms in total. The molecule has 0 radical (unpaired) electrons. The van der Waals surface area contributed by atoms with E-state index < -0.39 is 16.3 Å². The fraction of sp³-hybridized carbons (Fsp3) is 0.444. The molecule has 1 N–H and O–H groups in total. The largest absolute Gasteiger partial charge is 0.445 e. The van der Waals surface area contributed by atoms with E-state index in [1.54, 1.807) is 26.2 Å². The Labute approximate surface area is 164 Å². The molecule has 0 bridgehead atoms. The van der Waals surface area contributed by atoms with Crippen LogP contribution in [0.5, 0.6) is 0 Å². The van der Waals surface area contributed by atoms with Gasteiger partial charge in [-0.3, -0.25) is 5.32 Å². The summed E-state index contributed by atoms with van der Waals surface area (Å²) in [5, 5.41) is 2.65. The summed E-state index contributed by atoms with van der Waals surface area (Å²) in [7, 11) is -0.324. The van der Waals surface area contributed by atoms with Crippen molar-refractivity contribution < 1.29 is 22.4 Å². The first-order chi connectivity index (χ1) is 13.4. The molecule has 2 aromatic rings. The number of aromatic nitrogens is 1. The fourth-order valence-electron chi connectivity index (χ4n) is 3.10. The van der Waals surface area contributed by atoms with Crippen LogP contribution in [0.1, 0.15) is 30.1 Å². The summed E-state index contributed by atoms with van der Waals surface area (Å²) in [4.78, 5) is 15.6. The van der Waals surface area contributed by atoms with Crippen LogP contribution >= 0.6 is 0 Å². The van der Waals surface area contributed by atoms with Crippen molar-refractivity contribution in [3.8, 4) is 0 Å². The second kappa shape index (κ2) is 8.72. The van der Waals surface area contributed by atoms with Crippen LogP contribution in [0.15, 0.2) is 41.3 Å². The van der Waals surface area contributed by atoms with Gasteiger partial charge in [0.15, 0.2) is 18.8 Å². The molecule has 28 heavy (non-hydrogen) atoms. The maximum Gasteiger partial charge on any atom is 0.412 e. The van der Waals surface area contributed by atoms with E-state index in [9.17, 15) is 13.2 Å². The van der Waals surface area contributed by atoms with Gasteiger partial charge >= 0.3 is 6.09 Å². The smallest absolute Gasteiger partial charge is 0.412 e. The predicted molar refractivity (Wildman–Crippen MR) is 103 cm³/mol. The highest BCUT2D eigenvalue weighted by Gasteiger charge is 2.30. The Balaban J connectivity index is 1.57. The zero-order valence-electron chi connectivity index (χ0n) is 15.9. The molecular formula is C18H24N4O5S. The summed E-state index contributed by atoms with van der Waals surface area (Å²) in [5.41, 5.74) is 1.64. The Morgan fingerprint density at radius 1 is 1.36 bits per heavy atom.